The third-order valence-electron chi connectivity index (χ3n) is 4.41. The topological polar surface area (TPSA) is 52.6 Å². The number of carbonyl (C=O) groups is 2. The summed E-state index contributed by atoms with van der Waals surface area (Å²) in [6.07, 6.45) is 1.57. The van der Waals surface area contributed by atoms with Gasteiger partial charge in [0.05, 0.1) is 18.4 Å². The second kappa shape index (κ2) is 3.72. The third-order valence-corrected chi connectivity index (χ3v) is 4.41. The molecule has 1 heterocycles. The van der Waals surface area contributed by atoms with Gasteiger partial charge in [0.1, 0.15) is 6.10 Å². The molecule has 3 fully saturated rings. The summed E-state index contributed by atoms with van der Waals surface area (Å²) in [5.41, 5.74) is -0.0256. The molecule has 4 heteroatoms. The average Bonchev–Trinajstić information content (AvgIpc) is 2.85. The van der Waals surface area contributed by atoms with Gasteiger partial charge in [0.25, 0.3) is 0 Å². The van der Waals surface area contributed by atoms with Gasteiger partial charge in [-0.3, -0.25) is 9.59 Å². The van der Waals surface area contributed by atoms with Crippen molar-refractivity contribution in [3.05, 3.63) is 0 Å². The average molecular weight is 252 g/mol. The number of ether oxygens (including phenoxy) is 2. The Balaban J connectivity index is 1.68. The van der Waals surface area contributed by atoms with E-state index in [1.54, 1.807) is 0 Å². The van der Waals surface area contributed by atoms with Crippen molar-refractivity contribution in [1.82, 2.24) is 0 Å². The molecule has 3 aliphatic rings. The van der Waals surface area contributed by atoms with Gasteiger partial charge in [-0.1, -0.05) is 20.8 Å². The Bertz CT molecular complexity index is 395. The molecule has 5 unspecified atom stereocenters. The predicted octanol–water partition coefficient (Wildman–Crippen LogP) is 1.77. The van der Waals surface area contributed by atoms with Crippen LogP contribution < -0.4 is 0 Å². The molecule has 1 saturated heterocycles. The fraction of sp³-hybridized carbons (Fsp3) is 0.857. The van der Waals surface area contributed by atoms with Crippen LogP contribution in [-0.4, -0.2) is 24.6 Å². The first-order valence-corrected chi connectivity index (χ1v) is 6.74. The Morgan fingerprint density at radius 3 is 2.78 bits per heavy atom. The molecule has 2 bridgehead atoms. The van der Waals surface area contributed by atoms with Gasteiger partial charge < -0.3 is 9.47 Å². The van der Waals surface area contributed by atoms with E-state index in [0.29, 0.717) is 12.5 Å². The van der Waals surface area contributed by atoms with E-state index in [1.165, 1.54) is 0 Å². The van der Waals surface area contributed by atoms with Crippen LogP contribution in [0.25, 0.3) is 0 Å². The van der Waals surface area contributed by atoms with Crippen LogP contribution in [0.2, 0.25) is 0 Å². The lowest BCUT2D eigenvalue weighted by molar-refractivity contribution is -0.158. The molecule has 0 N–H and O–H groups in total. The zero-order chi connectivity index (χ0) is 13.1. The molecule has 0 spiro atoms. The monoisotopic (exact) mass is 252 g/mol. The summed E-state index contributed by atoms with van der Waals surface area (Å²) < 4.78 is 10.8. The molecule has 0 aromatic rings. The van der Waals surface area contributed by atoms with Crippen LogP contribution in [0, 0.1) is 29.1 Å². The van der Waals surface area contributed by atoms with Crippen molar-refractivity contribution in [2.24, 2.45) is 29.1 Å². The van der Waals surface area contributed by atoms with Crippen LogP contribution >= 0.6 is 0 Å². The van der Waals surface area contributed by atoms with Crippen LogP contribution in [0.4, 0.5) is 0 Å². The zero-order valence-electron chi connectivity index (χ0n) is 11.1. The number of esters is 2. The fourth-order valence-corrected chi connectivity index (χ4v) is 3.67. The molecule has 2 saturated carbocycles. The van der Waals surface area contributed by atoms with Gasteiger partial charge in [-0.05, 0) is 24.2 Å². The maximum Gasteiger partial charge on any atom is 0.313 e. The van der Waals surface area contributed by atoms with Crippen molar-refractivity contribution in [3.63, 3.8) is 0 Å². The van der Waals surface area contributed by atoms with Gasteiger partial charge >= 0.3 is 11.9 Å². The number of rotatable bonds is 2. The van der Waals surface area contributed by atoms with Crippen LogP contribution in [-0.2, 0) is 19.1 Å². The highest BCUT2D eigenvalue weighted by Gasteiger charge is 2.64. The SMILES string of the molecule is CC(C)(C)COC(=O)C1C2CC3C(=O)OC1C3C2. The largest absolute Gasteiger partial charge is 0.465 e. The van der Waals surface area contributed by atoms with E-state index in [9.17, 15) is 9.59 Å². The predicted molar refractivity (Wildman–Crippen MR) is 63.5 cm³/mol. The highest BCUT2D eigenvalue weighted by atomic mass is 16.6. The van der Waals surface area contributed by atoms with Gasteiger partial charge in [-0.15, -0.1) is 0 Å². The first-order chi connectivity index (χ1) is 8.37. The molecule has 5 atom stereocenters. The molecule has 18 heavy (non-hydrogen) atoms. The van der Waals surface area contributed by atoms with Gasteiger partial charge in [0.2, 0.25) is 0 Å². The summed E-state index contributed by atoms with van der Waals surface area (Å²) in [6.45, 7) is 6.52. The van der Waals surface area contributed by atoms with E-state index in [4.69, 9.17) is 9.47 Å². The van der Waals surface area contributed by atoms with E-state index >= 15 is 0 Å². The van der Waals surface area contributed by atoms with E-state index in [0.717, 1.165) is 12.8 Å². The van der Waals surface area contributed by atoms with Crippen molar-refractivity contribution >= 4 is 11.9 Å². The molecule has 100 valence electrons. The Morgan fingerprint density at radius 2 is 2.11 bits per heavy atom. The molecule has 3 rings (SSSR count). The van der Waals surface area contributed by atoms with Gasteiger partial charge in [-0.25, -0.2) is 0 Å². The van der Waals surface area contributed by atoms with E-state index in [1.807, 2.05) is 20.8 Å². The highest BCUT2D eigenvalue weighted by molar-refractivity contribution is 5.81. The zero-order valence-corrected chi connectivity index (χ0v) is 11.1. The van der Waals surface area contributed by atoms with E-state index < -0.39 is 0 Å². The molecule has 0 radical (unpaired) electrons. The molecule has 1 aliphatic heterocycles. The Hall–Kier alpha value is -1.06. The molecule has 0 amide bonds. The second-order valence-corrected chi connectivity index (χ2v) is 7.10. The summed E-state index contributed by atoms with van der Waals surface area (Å²) in [5.74, 6) is 0.152. The van der Waals surface area contributed by atoms with Gasteiger partial charge in [-0.2, -0.15) is 0 Å². The number of hydrogen-bond acceptors (Lipinski definition) is 4. The quantitative estimate of drug-likeness (QED) is 0.703. The second-order valence-electron chi connectivity index (χ2n) is 7.10. The molecule has 0 aromatic heterocycles. The number of fused-ring (bicyclic) bond motifs is 1. The lowest BCUT2D eigenvalue weighted by Gasteiger charge is -2.25. The fourth-order valence-electron chi connectivity index (χ4n) is 3.67. The van der Waals surface area contributed by atoms with Crippen molar-refractivity contribution in [3.8, 4) is 0 Å². The van der Waals surface area contributed by atoms with Crippen molar-refractivity contribution in [2.75, 3.05) is 6.61 Å². The standard InChI is InChI=1S/C14H20O4/c1-14(2,3)6-17-13(16)10-7-4-8-9(5-7)12(15)18-11(8)10/h7-11H,4-6H2,1-3H3. The summed E-state index contributed by atoms with van der Waals surface area (Å²) in [7, 11) is 0. The lowest BCUT2D eigenvalue weighted by Crippen LogP contribution is -2.35. The first-order valence-electron chi connectivity index (χ1n) is 6.74. The molecule has 0 aromatic carbocycles. The molecule has 4 nitrogen and oxygen atoms in total. The summed E-state index contributed by atoms with van der Waals surface area (Å²) >= 11 is 0. The maximum absolute atomic E-state index is 12.2. The smallest absolute Gasteiger partial charge is 0.313 e. The Labute approximate surface area is 107 Å². The summed E-state index contributed by atoms with van der Waals surface area (Å²) in [5, 5.41) is 0. The third kappa shape index (κ3) is 1.73. The van der Waals surface area contributed by atoms with Crippen LogP contribution in [0.1, 0.15) is 33.6 Å². The maximum atomic E-state index is 12.2. The minimum atomic E-state index is -0.208. The van der Waals surface area contributed by atoms with Crippen molar-refractivity contribution < 1.29 is 19.1 Å². The first kappa shape index (κ1) is 12.0. The normalized spacial score (nSPS) is 41.1. The van der Waals surface area contributed by atoms with Crippen LogP contribution in [0.5, 0.6) is 0 Å². The Kier molecular flexibility index (Phi) is 2.48. The van der Waals surface area contributed by atoms with Crippen LogP contribution in [0.15, 0.2) is 0 Å². The van der Waals surface area contributed by atoms with E-state index in [2.05, 4.69) is 0 Å². The highest BCUT2D eigenvalue weighted by Crippen LogP contribution is 2.57. The van der Waals surface area contributed by atoms with E-state index in [-0.39, 0.29) is 41.2 Å². The number of hydrogen-bond donors (Lipinski definition) is 0. The molecular formula is C14H20O4. The minimum absolute atomic E-state index is 0.0256. The van der Waals surface area contributed by atoms with Crippen molar-refractivity contribution in [2.45, 2.75) is 39.7 Å². The Morgan fingerprint density at radius 1 is 1.39 bits per heavy atom. The van der Waals surface area contributed by atoms with Gasteiger partial charge in [0, 0.05) is 5.92 Å². The molecule has 2 aliphatic carbocycles. The molecular weight excluding hydrogens is 232 g/mol. The minimum Gasteiger partial charge on any atom is -0.465 e. The van der Waals surface area contributed by atoms with Crippen LogP contribution in [0.3, 0.4) is 0 Å². The lowest BCUT2D eigenvalue weighted by atomic mass is 9.82. The van der Waals surface area contributed by atoms with Gasteiger partial charge in [0.15, 0.2) is 0 Å². The summed E-state index contributed by atoms with van der Waals surface area (Å²) in [6, 6.07) is 0. The summed E-state index contributed by atoms with van der Waals surface area (Å²) in [4.78, 5) is 23.8. The van der Waals surface area contributed by atoms with Crippen molar-refractivity contribution in [1.29, 1.82) is 0 Å². The number of carbonyl (C=O) groups excluding carboxylic acids is 2.